The van der Waals surface area contributed by atoms with Crippen LogP contribution in [0.1, 0.15) is 25.8 Å². The van der Waals surface area contributed by atoms with Crippen molar-refractivity contribution in [1.29, 1.82) is 0 Å². The maximum Gasteiger partial charge on any atom is 0.247 e. The number of rotatable bonds is 6. The molecule has 3 heterocycles. The van der Waals surface area contributed by atoms with Crippen LogP contribution < -0.4 is 5.32 Å². The number of ether oxygens (including phenoxy) is 1. The lowest BCUT2D eigenvalue weighted by atomic mass is 9.80. The monoisotopic (exact) mass is 487 g/mol. The molecular weight excluding hydrogens is 459 g/mol. The van der Waals surface area contributed by atoms with Crippen molar-refractivity contribution in [2.24, 2.45) is 17.8 Å². The summed E-state index contributed by atoms with van der Waals surface area (Å²) in [5.74, 6) is -3.44. The van der Waals surface area contributed by atoms with Gasteiger partial charge in [-0.25, -0.2) is 13.2 Å². The second-order valence-corrected chi connectivity index (χ2v) is 9.82. The predicted molar refractivity (Wildman–Crippen MR) is 116 cm³/mol. The second-order valence-electron chi connectivity index (χ2n) is 9.26. The zero-order valence-electron chi connectivity index (χ0n) is 18.6. The van der Waals surface area contributed by atoms with Crippen LogP contribution >= 0.6 is 11.6 Å². The molecule has 0 spiro atoms. The van der Waals surface area contributed by atoms with Gasteiger partial charge in [-0.2, -0.15) is 0 Å². The van der Waals surface area contributed by atoms with E-state index in [9.17, 15) is 18.4 Å². The minimum absolute atomic E-state index is 0.0170. The van der Waals surface area contributed by atoms with E-state index >= 15 is 4.39 Å². The summed E-state index contributed by atoms with van der Waals surface area (Å²) >= 11 is 6.41. The highest BCUT2D eigenvalue weighted by molar-refractivity contribution is 6.21. The molecule has 6 unspecified atom stereocenters. The van der Waals surface area contributed by atoms with Gasteiger partial charge in [-0.3, -0.25) is 14.9 Å². The third kappa shape index (κ3) is 4.59. The summed E-state index contributed by atoms with van der Waals surface area (Å²) in [6.45, 7) is 4.48. The number of benzene rings is 1. The molecule has 3 aliphatic rings. The molecule has 0 bridgehead atoms. The van der Waals surface area contributed by atoms with Crippen molar-refractivity contribution in [1.82, 2.24) is 15.1 Å². The van der Waals surface area contributed by atoms with Crippen LogP contribution in [0.4, 0.5) is 13.2 Å². The fourth-order valence-corrected chi connectivity index (χ4v) is 5.51. The van der Waals surface area contributed by atoms with Crippen molar-refractivity contribution >= 4 is 23.4 Å². The Morgan fingerprint density at radius 1 is 1.24 bits per heavy atom. The molecular formula is C23H29ClF3N3O3. The molecule has 3 saturated heterocycles. The normalized spacial score (nSPS) is 32.1. The van der Waals surface area contributed by atoms with Crippen molar-refractivity contribution in [3.05, 3.63) is 35.4 Å². The molecule has 4 rings (SSSR count). The maximum atomic E-state index is 15.7. The van der Waals surface area contributed by atoms with Gasteiger partial charge < -0.3 is 14.5 Å². The highest BCUT2D eigenvalue weighted by Crippen LogP contribution is 2.36. The van der Waals surface area contributed by atoms with Crippen LogP contribution in [0.25, 0.3) is 0 Å². The standard InChI is InChI=1S/C23H29ClF3N3O3/c1-3-12(2)19-15(24)7-28-22(20(19)27)30-9-18(31)29(21(23(30)32)14-10-33-11-14)8-13-4-5-16(25)17(26)6-13/h4-6,12,14-15,19-22,28H,3,7-11H2,1-2H3. The van der Waals surface area contributed by atoms with Crippen LogP contribution in [0.3, 0.4) is 0 Å². The van der Waals surface area contributed by atoms with Crippen molar-refractivity contribution in [3.63, 3.8) is 0 Å². The summed E-state index contributed by atoms with van der Waals surface area (Å²) in [6.07, 6.45) is -1.63. The van der Waals surface area contributed by atoms with Gasteiger partial charge in [0, 0.05) is 24.9 Å². The largest absolute Gasteiger partial charge is 0.380 e. The number of amides is 2. The molecule has 33 heavy (non-hydrogen) atoms. The summed E-state index contributed by atoms with van der Waals surface area (Å²) in [5.41, 5.74) is 0.370. The van der Waals surface area contributed by atoms with Crippen molar-refractivity contribution in [3.8, 4) is 0 Å². The number of carbonyl (C=O) groups excluding carboxylic acids is 2. The Morgan fingerprint density at radius 2 is 1.97 bits per heavy atom. The van der Waals surface area contributed by atoms with Crippen molar-refractivity contribution in [2.45, 2.75) is 50.6 Å². The van der Waals surface area contributed by atoms with Gasteiger partial charge in [0.2, 0.25) is 11.8 Å². The van der Waals surface area contributed by atoms with Gasteiger partial charge in [0.05, 0.1) is 18.6 Å². The molecule has 2 amide bonds. The first-order valence-electron chi connectivity index (χ1n) is 11.4. The number of hydrogen-bond acceptors (Lipinski definition) is 4. The molecule has 6 nitrogen and oxygen atoms in total. The number of hydrogen-bond donors (Lipinski definition) is 1. The Balaban J connectivity index is 1.58. The molecule has 0 saturated carbocycles. The minimum atomic E-state index is -1.43. The maximum absolute atomic E-state index is 15.7. The Bertz CT molecular complexity index is 899. The van der Waals surface area contributed by atoms with Crippen LogP contribution in [-0.4, -0.2) is 71.7 Å². The van der Waals surface area contributed by atoms with Crippen LogP contribution in [0.15, 0.2) is 18.2 Å². The molecule has 1 aromatic carbocycles. The lowest BCUT2D eigenvalue weighted by molar-refractivity contribution is -0.174. The van der Waals surface area contributed by atoms with Gasteiger partial charge in [-0.1, -0.05) is 26.3 Å². The van der Waals surface area contributed by atoms with E-state index < -0.39 is 41.3 Å². The topological polar surface area (TPSA) is 61.9 Å². The zero-order chi connectivity index (χ0) is 23.9. The number of piperazine rings is 1. The summed E-state index contributed by atoms with van der Waals surface area (Å²) in [6, 6.07) is 2.53. The van der Waals surface area contributed by atoms with Crippen LogP contribution in [0.5, 0.6) is 0 Å². The first-order chi connectivity index (χ1) is 15.7. The Morgan fingerprint density at radius 3 is 2.58 bits per heavy atom. The third-order valence-electron chi connectivity index (χ3n) is 7.19. The van der Waals surface area contributed by atoms with E-state index in [0.717, 1.165) is 18.6 Å². The van der Waals surface area contributed by atoms with E-state index in [0.29, 0.717) is 25.3 Å². The van der Waals surface area contributed by atoms with Crippen LogP contribution in [0.2, 0.25) is 0 Å². The average molecular weight is 488 g/mol. The summed E-state index contributed by atoms with van der Waals surface area (Å²) in [5, 5.41) is 2.61. The highest BCUT2D eigenvalue weighted by atomic mass is 35.5. The second kappa shape index (κ2) is 9.80. The Kier molecular flexibility index (Phi) is 7.21. The molecule has 3 aliphatic heterocycles. The molecule has 182 valence electrons. The van der Waals surface area contributed by atoms with Crippen molar-refractivity contribution in [2.75, 3.05) is 26.3 Å². The van der Waals surface area contributed by atoms with E-state index in [2.05, 4.69) is 5.32 Å². The first-order valence-corrected chi connectivity index (χ1v) is 11.8. The smallest absolute Gasteiger partial charge is 0.247 e. The van der Waals surface area contributed by atoms with Gasteiger partial charge in [0.25, 0.3) is 0 Å². The van der Waals surface area contributed by atoms with Gasteiger partial charge in [-0.15, -0.1) is 11.6 Å². The van der Waals surface area contributed by atoms with E-state index in [1.807, 2.05) is 13.8 Å². The quantitative estimate of drug-likeness (QED) is 0.627. The lowest BCUT2D eigenvalue weighted by Crippen LogP contribution is -2.71. The fourth-order valence-electron chi connectivity index (χ4n) is 5.04. The van der Waals surface area contributed by atoms with Crippen LogP contribution in [-0.2, 0) is 20.9 Å². The van der Waals surface area contributed by atoms with Gasteiger partial charge >= 0.3 is 0 Å². The predicted octanol–water partition coefficient (Wildman–Crippen LogP) is 2.69. The van der Waals surface area contributed by atoms with E-state index in [-0.39, 0.29) is 36.7 Å². The van der Waals surface area contributed by atoms with Gasteiger partial charge in [0.1, 0.15) is 24.9 Å². The Hall–Kier alpha value is -1.84. The third-order valence-corrected chi connectivity index (χ3v) is 7.64. The number of piperidine rings is 1. The summed E-state index contributed by atoms with van der Waals surface area (Å²) in [7, 11) is 0. The van der Waals surface area contributed by atoms with Gasteiger partial charge in [-0.05, 0) is 23.6 Å². The minimum Gasteiger partial charge on any atom is -0.380 e. The molecule has 0 aliphatic carbocycles. The number of nitrogens with zero attached hydrogens (tertiary/aromatic N) is 2. The average Bonchev–Trinajstić information content (AvgIpc) is 2.74. The summed E-state index contributed by atoms with van der Waals surface area (Å²) < 4.78 is 48.0. The molecule has 6 atom stereocenters. The number of carbonyl (C=O) groups is 2. The number of alkyl halides is 2. The van der Waals surface area contributed by atoms with E-state index in [4.69, 9.17) is 16.3 Å². The molecule has 1 aromatic rings. The van der Waals surface area contributed by atoms with E-state index in [1.165, 1.54) is 15.9 Å². The molecule has 1 N–H and O–H groups in total. The first kappa shape index (κ1) is 24.3. The summed E-state index contributed by atoms with van der Waals surface area (Å²) in [4.78, 5) is 29.5. The highest BCUT2D eigenvalue weighted by Gasteiger charge is 2.52. The molecule has 0 radical (unpaired) electrons. The number of halogens is 4. The number of nitrogens with one attached hydrogen (secondary N) is 1. The van der Waals surface area contributed by atoms with Crippen LogP contribution in [0, 0.1) is 29.4 Å². The van der Waals surface area contributed by atoms with Crippen molar-refractivity contribution < 1.29 is 27.5 Å². The zero-order valence-corrected chi connectivity index (χ0v) is 19.4. The Labute approximate surface area is 196 Å². The van der Waals surface area contributed by atoms with E-state index in [1.54, 1.807) is 0 Å². The molecule has 10 heteroatoms. The van der Waals surface area contributed by atoms with Gasteiger partial charge in [0.15, 0.2) is 11.6 Å². The SMILES string of the molecule is CCC(C)C1C(Cl)CNC(N2CC(=O)N(Cc3ccc(F)c(F)c3)C(C3COC3)C2=O)C1F. The molecule has 3 fully saturated rings. The lowest BCUT2D eigenvalue weighted by Gasteiger charge is -2.50. The molecule has 0 aromatic heterocycles. The fraction of sp³-hybridized carbons (Fsp3) is 0.652.